The second-order valence-electron chi connectivity index (χ2n) is 4.39. The van der Waals surface area contributed by atoms with Gasteiger partial charge in [-0.3, -0.25) is 9.35 Å². The fraction of sp³-hybridized carbons (Fsp3) is 0.583. The van der Waals surface area contributed by atoms with Crippen molar-refractivity contribution in [1.82, 2.24) is 9.97 Å². The molecule has 3 atom stereocenters. The topological polar surface area (TPSA) is 87.3 Å². The van der Waals surface area contributed by atoms with Crippen LogP contribution >= 0.6 is 0 Å². The van der Waals surface area contributed by atoms with Crippen LogP contribution in [0.4, 0.5) is 0 Å². The van der Waals surface area contributed by atoms with Gasteiger partial charge < -0.3 is 9.47 Å². The van der Waals surface area contributed by atoms with Crippen LogP contribution in [-0.4, -0.2) is 45.6 Å². The molecular formula is C12H21N3O3S. The van der Waals surface area contributed by atoms with Gasteiger partial charge in [0.15, 0.2) is 5.82 Å². The summed E-state index contributed by atoms with van der Waals surface area (Å²) in [6.07, 6.45) is 2.80. The van der Waals surface area contributed by atoms with Crippen LogP contribution in [0.5, 0.6) is 0 Å². The molecule has 1 heterocycles. The maximum Gasteiger partial charge on any atom is 0.158 e. The van der Waals surface area contributed by atoms with E-state index in [0.717, 1.165) is 5.56 Å². The van der Waals surface area contributed by atoms with Gasteiger partial charge in [-0.05, 0) is 25.3 Å². The van der Waals surface area contributed by atoms with Gasteiger partial charge in [-0.25, -0.2) is 9.97 Å². The molecule has 0 amide bonds. The van der Waals surface area contributed by atoms with E-state index in [1.165, 1.54) is 0 Å². The highest BCUT2D eigenvalue weighted by Crippen LogP contribution is 2.21. The first-order chi connectivity index (χ1) is 8.86. The first kappa shape index (κ1) is 16.0. The second-order valence-corrected chi connectivity index (χ2v) is 6.69. The monoisotopic (exact) mass is 287 g/mol. The Hall–Kier alpha value is -1.02. The summed E-state index contributed by atoms with van der Waals surface area (Å²) in [4.78, 5) is 8.41. The third-order valence-electron chi connectivity index (χ3n) is 2.70. The Balaban J connectivity index is 2.94. The molecule has 0 aliphatic carbocycles. The molecule has 1 aromatic rings. The largest absolute Gasteiger partial charge is 0.382 e. The lowest BCUT2D eigenvalue weighted by molar-refractivity contribution is 0.0123. The van der Waals surface area contributed by atoms with Crippen molar-refractivity contribution < 1.29 is 13.7 Å². The molecule has 0 aromatic carbocycles. The molecule has 19 heavy (non-hydrogen) atoms. The third-order valence-corrected chi connectivity index (χ3v) is 4.20. The maximum atomic E-state index is 11.9. The van der Waals surface area contributed by atoms with Crippen molar-refractivity contribution in [2.45, 2.75) is 25.2 Å². The smallest absolute Gasteiger partial charge is 0.158 e. The minimum Gasteiger partial charge on any atom is -0.382 e. The maximum absolute atomic E-state index is 11.9. The molecule has 0 bridgehead atoms. The Bertz CT molecular complexity index is 487. The Labute approximate surface area is 114 Å². The van der Waals surface area contributed by atoms with Crippen molar-refractivity contribution >= 4 is 15.6 Å². The van der Waals surface area contributed by atoms with E-state index in [9.17, 15) is 4.21 Å². The normalized spacial score (nSPS) is 17.7. The minimum absolute atomic E-state index is 0.345. The van der Waals surface area contributed by atoms with E-state index < -0.39 is 21.1 Å². The molecule has 108 valence electrons. The summed E-state index contributed by atoms with van der Waals surface area (Å²) in [7, 11) is -1.16. The van der Waals surface area contributed by atoms with Gasteiger partial charge in [0.05, 0.1) is 18.5 Å². The molecule has 0 aliphatic heterocycles. The van der Waals surface area contributed by atoms with Gasteiger partial charge in [-0.1, -0.05) is 0 Å². The number of rotatable bonds is 7. The van der Waals surface area contributed by atoms with Crippen LogP contribution in [0.25, 0.3) is 0 Å². The molecule has 0 saturated carbocycles. The van der Waals surface area contributed by atoms with Crippen molar-refractivity contribution in [3.8, 4) is 0 Å². The number of aryl methyl sites for hydroxylation is 1. The van der Waals surface area contributed by atoms with E-state index in [-0.39, 0.29) is 0 Å². The molecule has 0 fully saturated rings. The number of nitrogens with two attached hydrogens (primary N) is 1. The highest BCUT2D eigenvalue weighted by atomic mass is 32.2. The van der Waals surface area contributed by atoms with Crippen LogP contribution in [-0.2, 0) is 19.2 Å². The van der Waals surface area contributed by atoms with Crippen LogP contribution in [0.2, 0.25) is 0 Å². The number of hydrogen-bond acceptors (Lipinski definition) is 5. The van der Waals surface area contributed by atoms with Crippen LogP contribution in [0.1, 0.15) is 24.4 Å². The van der Waals surface area contributed by atoms with E-state index in [1.54, 1.807) is 26.4 Å². The van der Waals surface area contributed by atoms with Crippen LogP contribution in [0.3, 0.4) is 0 Å². The quantitative estimate of drug-likeness (QED) is 0.582. The Morgan fingerprint density at radius 2 is 2.00 bits per heavy atom. The number of methoxy groups -OCH3 is 1. The number of aromatic nitrogens is 2. The number of ether oxygens (including phenoxy) is 2. The van der Waals surface area contributed by atoms with Gasteiger partial charge in [0, 0.05) is 29.2 Å². The molecule has 1 unspecified atom stereocenters. The summed E-state index contributed by atoms with van der Waals surface area (Å²) >= 11 is 0. The molecular weight excluding hydrogens is 266 g/mol. The predicted octanol–water partition coefficient (Wildman–Crippen LogP) is 0.468. The van der Waals surface area contributed by atoms with Crippen molar-refractivity contribution in [3.63, 3.8) is 0 Å². The highest BCUT2D eigenvalue weighted by molar-refractivity contribution is 7.98. The Morgan fingerprint density at radius 1 is 1.42 bits per heavy atom. The lowest BCUT2D eigenvalue weighted by atomic mass is 10.2. The predicted molar refractivity (Wildman–Crippen MR) is 76.3 cm³/mol. The van der Waals surface area contributed by atoms with Gasteiger partial charge in [-0.15, -0.1) is 0 Å². The van der Waals surface area contributed by atoms with E-state index in [2.05, 4.69) is 15.8 Å². The summed E-state index contributed by atoms with van der Waals surface area (Å²) in [5.74, 6) is 3.96. The average molecular weight is 287 g/mol. The second kappa shape index (κ2) is 6.95. The summed E-state index contributed by atoms with van der Waals surface area (Å²) in [5.41, 5.74) is 0.940. The summed E-state index contributed by atoms with van der Waals surface area (Å²) in [6.45, 7) is 4.38. The van der Waals surface area contributed by atoms with Crippen molar-refractivity contribution in [2.24, 2.45) is 5.14 Å². The van der Waals surface area contributed by atoms with Gasteiger partial charge in [0.2, 0.25) is 0 Å². The highest BCUT2D eigenvalue weighted by Gasteiger charge is 2.27. The Morgan fingerprint density at radius 3 is 2.47 bits per heavy atom. The zero-order chi connectivity index (χ0) is 14.5. The molecule has 0 saturated heterocycles. The van der Waals surface area contributed by atoms with Crippen molar-refractivity contribution in [1.29, 1.82) is 0 Å². The summed E-state index contributed by atoms with van der Waals surface area (Å²) in [5, 5.41) is 5.11. The molecule has 0 spiro atoms. The molecule has 7 heteroatoms. The number of hydrogen-bond donors (Lipinski definition) is 1. The van der Waals surface area contributed by atoms with Crippen LogP contribution < -0.4 is 5.14 Å². The SMILES string of the molecule is C=S(N)(=O)[C@@H](C)[C@H](OCCOC)c1ncc(C)cn1. The standard InChI is InChI=1S/C12H21N3O3S/c1-9-7-14-12(15-8-9)11(18-6-5-17-3)10(2)19(4,13)16/h7-8,10-11H,4-6H2,1-3H3,(H2,13,16)/t10-,11-,19?/m0/s1. The first-order valence-corrected chi connectivity index (χ1v) is 7.74. The summed E-state index contributed by atoms with van der Waals surface area (Å²) < 4.78 is 22.5. The Kier molecular flexibility index (Phi) is 5.86. The van der Waals surface area contributed by atoms with E-state index in [1.807, 2.05) is 6.92 Å². The van der Waals surface area contributed by atoms with E-state index >= 15 is 0 Å². The van der Waals surface area contributed by atoms with E-state index in [0.29, 0.717) is 19.0 Å². The van der Waals surface area contributed by atoms with Gasteiger partial charge in [0.1, 0.15) is 6.10 Å². The minimum atomic E-state index is -2.74. The fourth-order valence-electron chi connectivity index (χ4n) is 1.44. The lowest BCUT2D eigenvalue weighted by Crippen LogP contribution is -2.34. The number of nitrogens with zero attached hydrogens (tertiary/aromatic N) is 2. The molecule has 2 N–H and O–H groups in total. The van der Waals surface area contributed by atoms with Crippen molar-refractivity contribution in [3.05, 3.63) is 23.8 Å². The van der Waals surface area contributed by atoms with Gasteiger partial charge >= 0.3 is 0 Å². The van der Waals surface area contributed by atoms with Crippen molar-refractivity contribution in [2.75, 3.05) is 20.3 Å². The summed E-state index contributed by atoms with van der Waals surface area (Å²) in [6, 6.07) is 0. The first-order valence-electron chi connectivity index (χ1n) is 5.89. The van der Waals surface area contributed by atoms with Gasteiger partial charge in [0.25, 0.3) is 0 Å². The average Bonchev–Trinajstić information content (AvgIpc) is 2.34. The van der Waals surface area contributed by atoms with Gasteiger partial charge in [-0.2, -0.15) is 0 Å². The zero-order valence-electron chi connectivity index (χ0n) is 11.5. The molecule has 6 nitrogen and oxygen atoms in total. The third kappa shape index (κ3) is 4.87. The fourth-order valence-corrected chi connectivity index (χ4v) is 2.06. The zero-order valence-corrected chi connectivity index (χ0v) is 12.4. The molecule has 1 rings (SSSR count). The molecule has 0 aliphatic rings. The lowest BCUT2D eigenvalue weighted by Gasteiger charge is -2.24. The molecule has 0 radical (unpaired) electrons. The molecule has 1 aromatic heterocycles. The van der Waals surface area contributed by atoms with E-state index in [4.69, 9.17) is 14.6 Å². The van der Waals surface area contributed by atoms with Crippen LogP contribution in [0, 0.1) is 6.92 Å². The van der Waals surface area contributed by atoms with Crippen LogP contribution in [0.15, 0.2) is 12.4 Å².